The van der Waals surface area contributed by atoms with Gasteiger partial charge in [0.25, 0.3) is 0 Å². The molecule has 0 aromatic heterocycles. The molecule has 3 rings (SSSR count). The lowest BCUT2D eigenvalue weighted by Crippen LogP contribution is -2.37. The SMILES string of the molecule is CN(C(=O)CNCC(c1ccccc1)c1ccccc1)c1ccccc1.Cl. The van der Waals surface area contributed by atoms with Crippen LogP contribution in [0.25, 0.3) is 0 Å². The number of nitrogens with one attached hydrogen (secondary N) is 1. The second kappa shape index (κ2) is 10.5. The summed E-state index contributed by atoms with van der Waals surface area (Å²) in [6, 6.07) is 30.5. The van der Waals surface area contributed by atoms with E-state index in [1.54, 1.807) is 4.90 Å². The smallest absolute Gasteiger partial charge is 0.240 e. The fraction of sp³-hybridized carbons (Fsp3) is 0.174. The summed E-state index contributed by atoms with van der Waals surface area (Å²) in [5, 5.41) is 3.34. The number of anilines is 1. The van der Waals surface area contributed by atoms with E-state index in [9.17, 15) is 4.79 Å². The summed E-state index contributed by atoms with van der Waals surface area (Å²) in [6.07, 6.45) is 0. The lowest BCUT2D eigenvalue weighted by Gasteiger charge is -2.21. The standard InChI is InChI=1S/C23H24N2O.ClH/c1-25(21-15-9-4-10-16-21)23(26)18-24-17-22(19-11-5-2-6-12-19)20-13-7-3-8-14-20;/h2-16,22,24H,17-18H2,1H3;1H. The van der Waals surface area contributed by atoms with Crippen LogP contribution in [-0.4, -0.2) is 26.0 Å². The third-order valence-electron chi connectivity index (χ3n) is 4.55. The number of carbonyl (C=O) groups is 1. The number of hydrogen-bond donors (Lipinski definition) is 1. The maximum absolute atomic E-state index is 12.5. The molecule has 1 amide bonds. The van der Waals surface area contributed by atoms with E-state index < -0.39 is 0 Å². The Bertz CT molecular complexity index is 770. The minimum absolute atomic E-state index is 0. The summed E-state index contributed by atoms with van der Waals surface area (Å²) in [4.78, 5) is 14.1. The van der Waals surface area contributed by atoms with E-state index in [4.69, 9.17) is 0 Å². The van der Waals surface area contributed by atoms with Crippen molar-refractivity contribution in [3.63, 3.8) is 0 Å². The highest BCUT2D eigenvalue weighted by molar-refractivity contribution is 5.94. The van der Waals surface area contributed by atoms with Crippen molar-refractivity contribution in [3.8, 4) is 0 Å². The number of para-hydroxylation sites is 1. The number of rotatable bonds is 7. The zero-order valence-electron chi connectivity index (χ0n) is 15.4. The van der Waals surface area contributed by atoms with Crippen LogP contribution in [0.3, 0.4) is 0 Å². The number of amides is 1. The molecule has 1 N–H and O–H groups in total. The van der Waals surface area contributed by atoms with Crippen LogP contribution >= 0.6 is 12.4 Å². The van der Waals surface area contributed by atoms with E-state index in [-0.39, 0.29) is 24.2 Å². The van der Waals surface area contributed by atoms with Gasteiger partial charge in [-0.1, -0.05) is 78.9 Å². The molecule has 0 heterocycles. The fourth-order valence-corrected chi connectivity index (χ4v) is 3.04. The number of likely N-dealkylation sites (N-methyl/N-ethyl adjacent to an activating group) is 1. The molecule has 3 nitrogen and oxygen atoms in total. The summed E-state index contributed by atoms with van der Waals surface area (Å²) in [5.74, 6) is 0.267. The van der Waals surface area contributed by atoms with Crippen molar-refractivity contribution < 1.29 is 4.79 Å². The van der Waals surface area contributed by atoms with Crippen LogP contribution in [0.5, 0.6) is 0 Å². The third-order valence-corrected chi connectivity index (χ3v) is 4.55. The van der Waals surface area contributed by atoms with Crippen molar-refractivity contribution >= 4 is 24.0 Å². The van der Waals surface area contributed by atoms with Gasteiger partial charge in [0.05, 0.1) is 6.54 Å². The zero-order valence-corrected chi connectivity index (χ0v) is 16.2. The maximum Gasteiger partial charge on any atom is 0.240 e. The molecule has 0 bridgehead atoms. The van der Waals surface area contributed by atoms with E-state index in [0.29, 0.717) is 13.1 Å². The fourth-order valence-electron chi connectivity index (χ4n) is 3.04. The zero-order chi connectivity index (χ0) is 18.2. The first-order valence-electron chi connectivity index (χ1n) is 8.88. The van der Waals surface area contributed by atoms with E-state index in [0.717, 1.165) is 5.69 Å². The molecule has 4 heteroatoms. The first-order valence-corrected chi connectivity index (χ1v) is 8.88. The molecule has 0 fully saturated rings. The largest absolute Gasteiger partial charge is 0.314 e. The maximum atomic E-state index is 12.5. The Kier molecular flexibility index (Phi) is 8.05. The molecule has 0 saturated heterocycles. The second-order valence-electron chi connectivity index (χ2n) is 6.29. The highest BCUT2D eigenvalue weighted by Gasteiger charge is 2.15. The minimum Gasteiger partial charge on any atom is -0.314 e. The average molecular weight is 381 g/mol. The van der Waals surface area contributed by atoms with E-state index in [2.05, 4.69) is 53.8 Å². The van der Waals surface area contributed by atoms with Crippen LogP contribution in [-0.2, 0) is 4.79 Å². The third kappa shape index (κ3) is 5.68. The van der Waals surface area contributed by atoms with Crippen LogP contribution in [0.2, 0.25) is 0 Å². The van der Waals surface area contributed by atoms with E-state index in [1.165, 1.54) is 11.1 Å². The molecular weight excluding hydrogens is 356 g/mol. The van der Waals surface area contributed by atoms with Gasteiger partial charge in [0.15, 0.2) is 0 Å². The molecular formula is C23H25ClN2O. The normalized spacial score (nSPS) is 10.3. The Balaban J connectivity index is 0.00000261. The van der Waals surface area contributed by atoms with Crippen LogP contribution in [0.1, 0.15) is 17.0 Å². The lowest BCUT2D eigenvalue weighted by molar-refractivity contribution is -0.117. The Morgan fingerprint density at radius 2 is 1.26 bits per heavy atom. The number of nitrogens with zero attached hydrogens (tertiary/aromatic N) is 1. The van der Waals surface area contributed by atoms with E-state index >= 15 is 0 Å². The topological polar surface area (TPSA) is 32.3 Å². The highest BCUT2D eigenvalue weighted by atomic mass is 35.5. The van der Waals surface area contributed by atoms with Gasteiger partial charge in [-0.25, -0.2) is 0 Å². The number of benzene rings is 3. The summed E-state index contributed by atoms with van der Waals surface area (Å²) in [5.41, 5.74) is 3.40. The van der Waals surface area contributed by atoms with Crippen LogP contribution in [0.15, 0.2) is 91.0 Å². The summed E-state index contributed by atoms with van der Waals surface area (Å²) in [6.45, 7) is 1.02. The predicted octanol–water partition coefficient (Wildman–Crippen LogP) is 4.49. The molecule has 3 aromatic rings. The number of carbonyl (C=O) groups excluding carboxylic acids is 1. The molecule has 27 heavy (non-hydrogen) atoms. The van der Waals surface area contributed by atoms with Gasteiger partial charge >= 0.3 is 0 Å². The highest BCUT2D eigenvalue weighted by Crippen LogP contribution is 2.23. The molecule has 0 saturated carbocycles. The van der Waals surface area contributed by atoms with Crippen molar-refractivity contribution in [2.75, 3.05) is 25.0 Å². The van der Waals surface area contributed by atoms with Gasteiger partial charge in [-0.2, -0.15) is 0 Å². The summed E-state index contributed by atoms with van der Waals surface area (Å²) in [7, 11) is 1.81. The molecule has 0 aliphatic rings. The average Bonchev–Trinajstić information content (AvgIpc) is 2.72. The van der Waals surface area contributed by atoms with Gasteiger partial charge in [-0.3, -0.25) is 4.79 Å². The first kappa shape index (κ1) is 20.7. The minimum atomic E-state index is 0. The second-order valence-corrected chi connectivity index (χ2v) is 6.29. The van der Waals surface area contributed by atoms with Gasteiger partial charge < -0.3 is 10.2 Å². The Morgan fingerprint density at radius 1 is 0.815 bits per heavy atom. The first-order chi connectivity index (χ1) is 12.8. The quantitative estimate of drug-likeness (QED) is 0.654. The Labute approximate surface area is 167 Å². The van der Waals surface area contributed by atoms with Crippen molar-refractivity contribution in [3.05, 3.63) is 102 Å². The molecule has 0 radical (unpaired) electrons. The van der Waals surface area contributed by atoms with Gasteiger partial charge in [0.2, 0.25) is 5.91 Å². The van der Waals surface area contributed by atoms with Gasteiger partial charge in [0.1, 0.15) is 0 Å². The Hall–Kier alpha value is -2.62. The van der Waals surface area contributed by atoms with Crippen molar-refractivity contribution in [1.29, 1.82) is 0 Å². The van der Waals surface area contributed by atoms with Crippen molar-refractivity contribution in [2.24, 2.45) is 0 Å². The Morgan fingerprint density at radius 3 is 1.74 bits per heavy atom. The van der Waals surface area contributed by atoms with Crippen molar-refractivity contribution in [2.45, 2.75) is 5.92 Å². The lowest BCUT2D eigenvalue weighted by atomic mass is 9.91. The molecule has 140 valence electrons. The number of halogens is 1. The molecule has 3 aromatic carbocycles. The summed E-state index contributed by atoms with van der Waals surface area (Å²) >= 11 is 0. The molecule has 0 aliphatic carbocycles. The monoisotopic (exact) mass is 380 g/mol. The molecule has 0 aliphatic heterocycles. The van der Waals surface area contributed by atoms with Crippen molar-refractivity contribution in [1.82, 2.24) is 5.32 Å². The van der Waals surface area contributed by atoms with Gasteiger partial charge in [-0.05, 0) is 23.3 Å². The molecule has 0 spiro atoms. The molecule has 0 atom stereocenters. The number of hydrogen-bond acceptors (Lipinski definition) is 2. The van der Waals surface area contributed by atoms with E-state index in [1.807, 2.05) is 49.5 Å². The van der Waals surface area contributed by atoms with Gasteiger partial charge in [-0.15, -0.1) is 12.4 Å². The van der Waals surface area contributed by atoms with Crippen LogP contribution in [0, 0.1) is 0 Å². The van der Waals surface area contributed by atoms with Crippen LogP contribution in [0.4, 0.5) is 5.69 Å². The molecule has 0 unspecified atom stereocenters. The van der Waals surface area contributed by atoms with Crippen LogP contribution < -0.4 is 10.2 Å². The predicted molar refractivity (Wildman–Crippen MR) is 115 cm³/mol. The van der Waals surface area contributed by atoms with Gasteiger partial charge in [0, 0.05) is 25.2 Å². The summed E-state index contributed by atoms with van der Waals surface area (Å²) < 4.78 is 0.